The second-order valence-electron chi connectivity index (χ2n) is 1.35. The van der Waals surface area contributed by atoms with Gasteiger partial charge in [0.2, 0.25) is 0 Å². The molecule has 0 aliphatic carbocycles. The number of rotatable bonds is 0. The number of imide groups is 1. The molecule has 5 nitrogen and oxygen atoms in total. The van der Waals surface area contributed by atoms with Crippen LogP contribution < -0.4 is 16.4 Å². The lowest BCUT2D eigenvalue weighted by Gasteiger charge is -1.98. The van der Waals surface area contributed by atoms with E-state index >= 15 is 0 Å². The fourth-order valence-electron chi connectivity index (χ4n) is 0.121. The number of quaternary nitrogens is 1. The molecule has 0 aromatic heterocycles. The summed E-state index contributed by atoms with van der Waals surface area (Å²) in [6.45, 7) is 0. The van der Waals surface area contributed by atoms with Gasteiger partial charge in [-0.05, 0) is 0 Å². The first-order valence-corrected chi connectivity index (χ1v) is 1.99. The summed E-state index contributed by atoms with van der Waals surface area (Å²) >= 11 is 0. The van der Waals surface area contributed by atoms with Gasteiger partial charge in [0.25, 0.3) is 0 Å². The van der Waals surface area contributed by atoms with Gasteiger partial charge in [-0.1, -0.05) is 0 Å². The molecule has 8 heavy (non-hydrogen) atoms. The maximum absolute atomic E-state index is 10.0. The van der Waals surface area contributed by atoms with Crippen LogP contribution in [0.3, 0.4) is 0 Å². The number of urea groups is 2. The molecule has 0 saturated carbocycles. The highest BCUT2D eigenvalue weighted by molar-refractivity contribution is 5.76. The minimum atomic E-state index is -0.766. The minimum absolute atomic E-state index is 0.120. The number of hydrogen-bond donors (Lipinski definition) is 3. The van der Waals surface area contributed by atoms with E-state index in [0.29, 0.717) is 0 Å². The van der Waals surface area contributed by atoms with E-state index in [2.05, 4.69) is 11.5 Å². The Hall–Kier alpha value is -1.10. The summed E-state index contributed by atoms with van der Waals surface area (Å²) in [7, 11) is 1.28. The van der Waals surface area contributed by atoms with Crippen LogP contribution in [0.4, 0.5) is 9.59 Å². The van der Waals surface area contributed by atoms with Crippen molar-refractivity contribution in [2.75, 3.05) is 7.05 Å². The lowest BCUT2D eigenvalue weighted by atomic mass is 10.8. The van der Waals surface area contributed by atoms with Gasteiger partial charge < -0.3 is 11.5 Å². The molecule has 4 amide bonds. The van der Waals surface area contributed by atoms with E-state index in [4.69, 9.17) is 0 Å². The second kappa shape index (κ2) is 2.27. The molecule has 0 radical (unpaired) electrons. The summed E-state index contributed by atoms with van der Waals surface area (Å²) in [6, 6.07) is -1.53. The van der Waals surface area contributed by atoms with Crippen LogP contribution in [0.2, 0.25) is 0 Å². The zero-order chi connectivity index (χ0) is 6.73. The number of carbonyl (C=O) groups excluding carboxylic acids is 2. The monoisotopic (exact) mass is 118 g/mol. The summed E-state index contributed by atoms with van der Waals surface area (Å²) in [5, 5.41) is 0. The number of primary amides is 2. The maximum atomic E-state index is 10.0. The fraction of sp³-hybridized carbons (Fsp3) is 0.333. The number of hydrogen-bond acceptors (Lipinski definition) is 2. The van der Waals surface area contributed by atoms with Gasteiger partial charge in [-0.2, -0.15) is 4.90 Å². The molecule has 0 atom stereocenters. The highest BCUT2D eigenvalue weighted by Crippen LogP contribution is 1.41. The number of carbonyl (C=O) groups is 2. The summed E-state index contributed by atoms with van der Waals surface area (Å²) < 4.78 is 0. The summed E-state index contributed by atoms with van der Waals surface area (Å²) in [5.74, 6) is 0. The summed E-state index contributed by atoms with van der Waals surface area (Å²) in [6.07, 6.45) is 0. The van der Waals surface area contributed by atoms with Gasteiger partial charge in [-0.3, -0.25) is 0 Å². The Kier molecular flexibility index (Phi) is 1.96. The Labute approximate surface area is 46.2 Å². The second-order valence-corrected chi connectivity index (χ2v) is 1.35. The van der Waals surface area contributed by atoms with E-state index in [1.807, 2.05) is 0 Å². The van der Waals surface area contributed by atoms with Gasteiger partial charge in [0, 0.05) is 0 Å². The van der Waals surface area contributed by atoms with E-state index in [1.54, 1.807) is 0 Å². The average Bonchev–Trinajstić information content (AvgIpc) is 1.64. The Balaban J connectivity index is 3.83. The minimum Gasteiger partial charge on any atom is -0.319 e. The third-order valence-corrected chi connectivity index (χ3v) is 0.739. The lowest BCUT2D eigenvalue weighted by Crippen LogP contribution is -3.16. The molecule has 0 aromatic rings. The van der Waals surface area contributed by atoms with Crippen molar-refractivity contribution in [2.45, 2.75) is 0 Å². The van der Waals surface area contributed by atoms with Crippen LogP contribution in [0, 0.1) is 0 Å². The van der Waals surface area contributed by atoms with Crippen molar-refractivity contribution in [2.24, 2.45) is 11.5 Å². The topological polar surface area (TPSA) is 90.6 Å². The molecule has 0 saturated heterocycles. The quantitative estimate of drug-likeness (QED) is 0.332. The van der Waals surface area contributed by atoms with Gasteiger partial charge in [0.15, 0.2) is 0 Å². The van der Waals surface area contributed by atoms with E-state index in [1.165, 1.54) is 7.05 Å². The average molecular weight is 118 g/mol. The molecule has 0 aliphatic heterocycles. The highest BCUT2D eigenvalue weighted by Gasteiger charge is 2.14. The van der Waals surface area contributed by atoms with Crippen molar-refractivity contribution in [3.05, 3.63) is 0 Å². The van der Waals surface area contributed by atoms with Crippen molar-refractivity contribution in [1.29, 1.82) is 0 Å². The van der Waals surface area contributed by atoms with Crippen LogP contribution >= 0.6 is 0 Å². The molecule has 0 fully saturated rings. The first-order chi connectivity index (χ1) is 3.55. The van der Waals surface area contributed by atoms with Crippen LogP contribution in [-0.2, 0) is 0 Å². The number of nitrogens with two attached hydrogens (primary N) is 2. The third kappa shape index (κ3) is 1.57. The summed E-state index contributed by atoms with van der Waals surface area (Å²) in [5.41, 5.74) is 9.32. The number of nitrogens with one attached hydrogen (secondary N) is 1. The Morgan fingerprint density at radius 2 is 1.50 bits per heavy atom. The van der Waals surface area contributed by atoms with Crippen LogP contribution in [0.15, 0.2) is 0 Å². The molecule has 46 valence electrons. The lowest BCUT2D eigenvalue weighted by molar-refractivity contribution is -0.697. The van der Waals surface area contributed by atoms with Gasteiger partial charge in [0.05, 0.1) is 7.05 Å². The van der Waals surface area contributed by atoms with Crippen LogP contribution in [0.5, 0.6) is 0 Å². The highest BCUT2D eigenvalue weighted by atomic mass is 16.2. The molecule has 5 heteroatoms. The van der Waals surface area contributed by atoms with Gasteiger partial charge in [-0.25, -0.2) is 9.59 Å². The first-order valence-electron chi connectivity index (χ1n) is 1.99. The fourth-order valence-corrected chi connectivity index (χ4v) is 0.121. The predicted octanol–water partition coefficient (Wildman–Crippen LogP) is -2.34. The molecule has 0 spiro atoms. The molecular weight excluding hydrogens is 110 g/mol. The molecule has 0 rings (SSSR count). The molecular formula is C3H8N3O2+. The van der Waals surface area contributed by atoms with Crippen LogP contribution in [-0.4, -0.2) is 19.1 Å². The zero-order valence-corrected chi connectivity index (χ0v) is 4.47. The van der Waals surface area contributed by atoms with Gasteiger partial charge in [0.1, 0.15) is 0 Å². The van der Waals surface area contributed by atoms with Crippen molar-refractivity contribution in [3.8, 4) is 0 Å². The third-order valence-electron chi connectivity index (χ3n) is 0.739. The molecule has 0 aromatic carbocycles. The van der Waals surface area contributed by atoms with Crippen molar-refractivity contribution < 1.29 is 14.5 Å². The van der Waals surface area contributed by atoms with E-state index in [0.717, 1.165) is 0 Å². The van der Waals surface area contributed by atoms with Crippen LogP contribution in [0.1, 0.15) is 0 Å². The zero-order valence-electron chi connectivity index (χ0n) is 4.47. The van der Waals surface area contributed by atoms with E-state index in [9.17, 15) is 9.59 Å². The normalized spacial score (nSPS) is 9.25. The predicted molar refractivity (Wildman–Crippen MR) is 26.1 cm³/mol. The Bertz CT molecular complexity index is 108. The molecule has 5 N–H and O–H groups in total. The smallest absolute Gasteiger partial charge is 0.319 e. The molecule has 0 unspecified atom stereocenters. The summed E-state index contributed by atoms with van der Waals surface area (Å²) in [4.78, 5) is 19.9. The standard InChI is InChI=1S/C3H7N3O2/c1-6(2(4)7)3(5)8/h1H3,(H2,4,7)(H2,5,8)/p+1. The van der Waals surface area contributed by atoms with E-state index < -0.39 is 12.1 Å². The van der Waals surface area contributed by atoms with Crippen molar-refractivity contribution in [3.63, 3.8) is 0 Å². The Morgan fingerprint density at radius 3 is 1.50 bits per heavy atom. The maximum Gasteiger partial charge on any atom is 0.421 e. The first kappa shape index (κ1) is 6.90. The van der Waals surface area contributed by atoms with Crippen LogP contribution in [0.25, 0.3) is 0 Å². The molecule has 0 aliphatic rings. The van der Waals surface area contributed by atoms with Gasteiger partial charge in [-0.15, -0.1) is 0 Å². The van der Waals surface area contributed by atoms with Crippen molar-refractivity contribution in [1.82, 2.24) is 0 Å². The molecule has 0 heterocycles. The van der Waals surface area contributed by atoms with E-state index in [-0.39, 0.29) is 4.90 Å². The van der Waals surface area contributed by atoms with Gasteiger partial charge >= 0.3 is 12.1 Å². The SMILES string of the molecule is C[NH+](C(N)=O)C(N)=O. The largest absolute Gasteiger partial charge is 0.421 e. The molecule has 0 bridgehead atoms. The van der Waals surface area contributed by atoms with Crippen molar-refractivity contribution >= 4 is 12.1 Å². The Morgan fingerprint density at radius 1 is 1.25 bits per heavy atom. The number of amides is 4.